The Morgan fingerprint density at radius 3 is 1.95 bits per heavy atom. The first-order valence-electron chi connectivity index (χ1n) is 6.28. The molecule has 0 atom stereocenters. The number of aliphatic hydroxyl groups is 1. The summed E-state index contributed by atoms with van der Waals surface area (Å²) in [7, 11) is 1.93. The average Bonchev–Trinajstić information content (AvgIpc) is 2.47. The van der Waals surface area contributed by atoms with Crippen LogP contribution in [0.15, 0.2) is 58.8 Å². The van der Waals surface area contributed by atoms with E-state index in [1.165, 1.54) is 0 Å². The Bertz CT molecular complexity index is 567. The van der Waals surface area contributed by atoms with Crippen molar-refractivity contribution in [2.24, 2.45) is 10.2 Å². The van der Waals surface area contributed by atoms with Gasteiger partial charge in [0.15, 0.2) is 0 Å². The Kier molecular flexibility index (Phi) is 5.09. The number of hydrogen-bond donors (Lipinski definition) is 1. The van der Waals surface area contributed by atoms with E-state index in [-0.39, 0.29) is 6.61 Å². The average molecular weight is 290 g/mol. The van der Waals surface area contributed by atoms with E-state index in [4.69, 9.17) is 16.7 Å². The number of azo groups is 1. The number of rotatable bonds is 5. The molecule has 0 saturated carbocycles. The summed E-state index contributed by atoms with van der Waals surface area (Å²) in [6, 6.07) is 14.9. The van der Waals surface area contributed by atoms with Crippen molar-refractivity contribution in [2.45, 2.75) is 0 Å². The Hall–Kier alpha value is -1.91. The van der Waals surface area contributed by atoms with Crippen molar-refractivity contribution >= 4 is 28.7 Å². The van der Waals surface area contributed by atoms with Crippen LogP contribution in [0.3, 0.4) is 0 Å². The van der Waals surface area contributed by atoms with Gasteiger partial charge in [0, 0.05) is 24.3 Å². The molecule has 104 valence electrons. The maximum atomic E-state index is 8.90. The van der Waals surface area contributed by atoms with Crippen LogP contribution in [0.5, 0.6) is 0 Å². The minimum atomic E-state index is 0.133. The van der Waals surface area contributed by atoms with Crippen LogP contribution in [0.2, 0.25) is 5.02 Å². The van der Waals surface area contributed by atoms with Crippen LogP contribution in [-0.2, 0) is 0 Å². The molecule has 4 nitrogen and oxygen atoms in total. The normalized spacial score (nSPS) is 10.9. The quantitative estimate of drug-likeness (QED) is 0.839. The zero-order valence-electron chi connectivity index (χ0n) is 11.2. The molecule has 0 fully saturated rings. The molecule has 2 aromatic rings. The van der Waals surface area contributed by atoms with E-state index >= 15 is 0 Å². The van der Waals surface area contributed by atoms with E-state index in [0.29, 0.717) is 11.6 Å². The van der Waals surface area contributed by atoms with Crippen LogP contribution in [0.1, 0.15) is 0 Å². The summed E-state index contributed by atoms with van der Waals surface area (Å²) >= 11 is 5.81. The van der Waals surface area contributed by atoms with Gasteiger partial charge in [0.1, 0.15) is 0 Å². The highest BCUT2D eigenvalue weighted by molar-refractivity contribution is 6.30. The number of aliphatic hydroxyl groups excluding tert-OH is 1. The van der Waals surface area contributed by atoms with Gasteiger partial charge in [-0.25, -0.2) is 0 Å². The van der Waals surface area contributed by atoms with Gasteiger partial charge in [0.25, 0.3) is 0 Å². The number of benzene rings is 2. The molecule has 2 aromatic carbocycles. The summed E-state index contributed by atoms with van der Waals surface area (Å²) in [5.41, 5.74) is 2.57. The molecule has 0 heterocycles. The molecule has 0 radical (unpaired) electrons. The summed E-state index contributed by atoms with van der Waals surface area (Å²) < 4.78 is 0. The van der Waals surface area contributed by atoms with Crippen molar-refractivity contribution in [3.8, 4) is 0 Å². The van der Waals surface area contributed by atoms with Crippen molar-refractivity contribution in [3.63, 3.8) is 0 Å². The Morgan fingerprint density at radius 2 is 1.45 bits per heavy atom. The minimum Gasteiger partial charge on any atom is -0.395 e. The molecular formula is C15H16ClN3O. The molecule has 0 unspecified atom stereocenters. The number of anilines is 1. The van der Waals surface area contributed by atoms with Gasteiger partial charge in [-0.15, -0.1) is 0 Å². The van der Waals surface area contributed by atoms with E-state index in [9.17, 15) is 0 Å². The van der Waals surface area contributed by atoms with Crippen LogP contribution >= 0.6 is 11.6 Å². The van der Waals surface area contributed by atoms with E-state index in [0.717, 1.165) is 17.1 Å². The first-order valence-corrected chi connectivity index (χ1v) is 6.66. The van der Waals surface area contributed by atoms with Crippen LogP contribution in [0.25, 0.3) is 0 Å². The maximum absolute atomic E-state index is 8.90. The van der Waals surface area contributed by atoms with Gasteiger partial charge < -0.3 is 10.0 Å². The third kappa shape index (κ3) is 4.05. The van der Waals surface area contributed by atoms with Gasteiger partial charge in [-0.1, -0.05) is 11.6 Å². The van der Waals surface area contributed by atoms with Crippen LogP contribution < -0.4 is 4.90 Å². The lowest BCUT2D eigenvalue weighted by molar-refractivity contribution is 0.304. The summed E-state index contributed by atoms with van der Waals surface area (Å²) in [6.07, 6.45) is 0. The highest BCUT2D eigenvalue weighted by Crippen LogP contribution is 2.22. The predicted octanol–water partition coefficient (Wildman–Crippen LogP) is 4.18. The highest BCUT2D eigenvalue weighted by atomic mass is 35.5. The van der Waals surface area contributed by atoms with Crippen molar-refractivity contribution in [1.82, 2.24) is 0 Å². The predicted molar refractivity (Wildman–Crippen MR) is 82.4 cm³/mol. The van der Waals surface area contributed by atoms with Crippen LogP contribution in [0, 0.1) is 0 Å². The van der Waals surface area contributed by atoms with Crippen LogP contribution in [0.4, 0.5) is 17.1 Å². The molecule has 0 bridgehead atoms. The standard InChI is InChI=1S/C15H16ClN3O/c1-19(10-11-20)15-8-6-14(7-9-15)18-17-13-4-2-12(16)3-5-13/h2-9,20H,10-11H2,1H3. The smallest absolute Gasteiger partial charge is 0.0858 e. The number of nitrogens with zero attached hydrogens (tertiary/aromatic N) is 3. The SMILES string of the molecule is CN(CCO)c1ccc(N=Nc2ccc(Cl)cc2)cc1. The number of halogens is 1. The van der Waals surface area contributed by atoms with E-state index in [2.05, 4.69) is 10.2 Å². The van der Waals surface area contributed by atoms with Crippen molar-refractivity contribution < 1.29 is 5.11 Å². The van der Waals surface area contributed by atoms with Crippen molar-refractivity contribution in [3.05, 3.63) is 53.6 Å². The summed E-state index contributed by atoms with van der Waals surface area (Å²) in [6.45, 7) is 0.736. The minimum absolute atomic E-state index is 0.133. The maximum Gasteiger partial charge on any atom is 0.0858 e. The monoisotopic (exact) mass is 289 g/mol. The van der Waals surface area contributed by atoms with Gasteiger partial charge in [-0.3, -0.25) is 0 Å². The molecule has 1 N–H and O–H groups in total. The molecule has 0 aromatic heterocycles. The molecule has 5 heteroatoms. The second-order valence-electron chi connectivity index (χ2n) is 4.34. The van der Waals surface area contributed by atoms with Crippen molar-refractivity contribution in [2.75, 3.05) is 25.1 Å². The molecule has 0 amide bonds. The molecule has 0 aliphatic carbocycles. The molecule has 20 heavy (non-hydrogen) atoms. The van der Waals surface area contributed by atoms with Crippen molar-refractivity contribution in [1.29, 1.82) is 0 Å². The Labute approximate surface area is 123 Å². The molecule has 2 rings (SSSR count). The van der Waals surface area contributed by atoms with E-state index in [1.807, 2.05) is 48.3 Å². The molecule has 0 spiro atoms. The lowest BCUT2D eigenvalue weighted by atomic mass is 10.2. The molecular weight excluding hydrogens is 274 g/mol. The third-order valence-electron chi connectivity index (χ3n) is 2.83. The number of likely N-dealkylation sites (N-methyl/N-ethyl adjacent to an activating group) is 1. The Morgan fingerprint density at radius 1 is 0.950 bits per heavy atom. The van der Waals surface area contributed by atoms with Gasteiger partial charge in [0.05, 0.1) is 18.0 Å². The second kappa shape index (κ2) is 7.03. The summed E-state index contributed by atoms with van der Waals surface area (Å²) in [5.74, 6) is 0. The molecule has 0 aliphatic rings. The first-order chi connectivity index (χ1) is 9.69. The fourth-order valence-electron chi connectivity index (χ4n) is 1.68. The lowest BCUT2D eigenvalue weighted by Gasteiger charge is -2.17. The molecule has 0 aliphatic heterocycles. The van der Waals surface area contributed by atoms with Gasteiger partial charge in [0.2, 0.25) is 0 Å². The summed E-state index contributed by atoms with van der Waals surface area (Å²) in [5, 5.41) is 17.9. The zero-order valence-corrected chi connectivity index (χ0v) is 12.0. The van der Waals surface area contributed by atoms with Crippen LogP contribution in [-0.4, -0.2) is 25.3 Å². The summed E-state index contributed by atoms with van der Waals surface area (Å²) in [4.78, 5) is 1.97. The first kappa shape index (κ1) is 14.5. The zero-order chi connectivity index (χ0) is 14.4. The van der Waals surface area contributed by atoms with E-state index in [1.54, 1.807) is 12.1 Å². The van der Waals surface area contributed by atoms with Gasteiger partial charge in [-0.2, -0.15) is 10.2 Å². The van der Waals surface area contributed by atoms with Gasteiger partial charge in [-0.05, 0) is 48.5 Å². The fraction of sp³-hybridized carbons (Fsp3) is 0.200. The largest absolute Gasteiger partial charge is 0.395 e. The second-order valence-corrected chi connectivity index (χ2v) is 4.77. The lowest BCUT2D eigenvalue weighted by Crippen LogP contribution is -2.20. The Balaban J connectivity index is 2.05. The topological polar surface area (TPSA) is 48.2 Å². The highest BCUT2D eigenvalue weighted by Gasteiger charge is 1.99. The van der Waals surface area contributed by atoms with E-state index < -0.39 is 0 Å². The third-order valence-corrected chi connectivity index (χ3v) is 3.09. The fourth-order valence-corrected chi connectivity index (χ4v) is 1.80. The molecule has 0 saturated heterocycles. The van der Waals surface area contributed by atoms with Gasteiger partial charge >= 0.3 is 0 Å². The number of hydrogen-bond acceptors (Lipinski definition) is 4.